The van der Waals surface area contributed by atoms with Gasteiger partial charge in [0.2, 0.25) is 0 Å². The Morgan fingerprint density at radius 1 is 1.14 bits per heavy atom. The first-order valence-electron chi connectivity index (χ1n) is 4.16. The SMILES string of the molecule is N#Cc1ccn(Cl)c1-c1ccccc1. The van der Waals surface area contributed by atoms with Gasteiger partial charge in [-0.1, -0.05) is 30.3 Å². The fraction of sp³-hybridized carbons (Fsp3) is 0. The number of hydrogen-bond acceptors (Lipinski definition) is 1. The molecule has 0 saturated heterocycles. The van der Waals surface area contributed by atoms with Crippen LogP contribution in [0.1, 0.15) is 5.56 Å². The first-order valence-corrected chi connectivity index (χ1v) is 4.50. The molecular weight excluding hydrogens is 196 g/mol. The van der Waals surface area contributed by atoms with Crippen LogP contribution in [0.5, 0.6) is 0 Å². The quantitative estimate of drug-likeness (QED) is 0.699. The molecule has 2 rings (SSSR count). The highest BCUT2D eigenvalue weighted by molar-refractivity contribution is 6.17. The first-order chi connectivity index (χ1) is 6.83. The van der Waals surface area contributed by atoms with Crippen LogP contribution in [0.2, 0.25) is 0 Å². The Morgan fingerprint density at radius 2 is 1.86 bits per heavy atom. The molecule has 0 aliphatic carbocycles. The van der Waals surface area contributed by atoms with Crippen molar-refractivity contribution in [1.29, 1.82) is 5.26 Å². The lowest BCUT2D eigenvalue weighted by atomic mass is 10.1. The van der Waals surface area contributed by atoms with Crippen molar-refractivity contribution in [2.45, 2.75) is 0 Å². The van der Waals surface area contributed by atoms with Crippen LogP contribution in [0.4, 0.5) is 0 Å². The van der Waals surface area contributed by atoms with Crippen LogP contribution in [0, 0.1) is 11.3 Å². The molecule has 0 N–H and O–H groups in total. The maximum Gasteiger partial charge on any atom is 0.101 e. The molecule has 0 radical (unpaired) electrons. The van der Waals surface area contributed by atoms with Crippen LogP contribution in [0.3, 0.4) is 0 Å². The number of benzene rings is 1. The van der Waals surface area contributed by atoms with Crippen LogP contribution < -0.4 is 0 Å². The van der Waals surface area contributed by atoms with Crippen molar-refractivity contribution >= 4 is 11.8 Å². The molecule has 0 atom stereocenters. The van der Waals surface area contributed by atoms with Crippen molar-refractivity contribution in [2.75, 3.05) is 0 Å². The Morgan fingerprint density at radius 3 is 2.50 bits per heavy atom. The summed E-state index contributed by atoms with van der Waals surface area (Å²) in [6.07, 6.45) is 1.67. The van der Waals surface area contributed by atoms with E-state index in [0.717, 1.165) is 11.3 Å². The lowest BCUT2D eigenvalue weighted by Gasteiger charge is -2.01. The van der Waals surface area contributed by atoms with Crippen LogP contribution in [0.15, 0.2) is 42.6 Å². The average Bonchev–Trinajstić information content (AvgIpc) is 2.61. The fourth-order valence-corrected chi connectivity index (χ4v) is 1.62. The van der Waals surface area contributed by atoms with E-state index in [9.17, 15) is 0 Å². The van der Waals surface area contributed by atoms with E-state index >= 15 is 0 Å². The van der Waals surface area contributed by atoms with Crippen molar-refractivity contribution in [3.63, 3.8) is 0 Å². The Labute approximate surface area is 87.1 Å². The summed E-state index contributed by atoms with van der Waals surface area (Å²) in [7, 11) is 0. The lowest BCUT2D eigenvalue weighted by Crippen LogP contribution is -1.85. The third-order valence-corrected chi connectivity index (χ3v) is 2.29. The summed E-state index contributed by atoms with van der Waals surface area (Å²) in [5, 5.41) is 8.87. The second kappa shape index (κ2) is 3.57. The molecule has 0 fully saturated rings. The van der Waals surface area contributed by atoms with Crippen LogP contribution in [-0.4, -0.2) is 4.09 Å². The van der Waals surface area contributed by atoms with E-state index in [1.807, 2.05) is 30.3 Å². The van der Waals surface area contributed by atoms with Gasteiger partial charge in [-0.05, 0) is 6.07 Å². The molecule has 68 valence electrons. The Kier molecular flexibility index (Phi) is 2.26. The highest BCUT2D eigenvalue weighted by atomic mass is 35.5. The molecule has 1 heterocycles. The van der Waals surface area contributed by atoms with Crippen LogP contribution in [-0.2, 0) is 0 Å². The van der Waals surface area contributed by atoms with Gasteiger partial charge in [-0.3, -0.25) is 4.09 Å². The molecule has 2 nitrogen and oxygen atoms in total. The van der Waals surface area contributed by atoms with E-state index in [1.165, 1.54) is 4.09 Å². The highest BCUT2D eigenvalue weighted by Crippen LogP contribution is 2.24. The van der Waals surface area contributed by atoms with E-state index in [0.29, 0.717) is 5.56 Å². The maximum atomic E-state index is 8.87. The summed E-state index contributed by atoms with van der Waals surface area (Å²) in [5.74, 6) is 0. The summed E-state index contributed by atoms with van der Waals surface area (Å²) in [4.78, 5) is 0. The predicted molar refractivity (Wildman–Crippen MR) is 55.8 cm³/mol. The predicted octanol–water partition coefficient (Wildman–Crippen LogP) is 3.03. The van der Waals surface area contributed by atoms with Crippen molar-refractivity contribution < 1.29 is 0 Å². The standard InChI is InChI=1S/C11H7ClN2/c12-14-7-6-10(8-13)11(14)9-4-2-1-3-5-9/h1-7H. The number of hydrogen-bond donors (Lipinski definition) is 0. The summed E-state index contributed by atoms with van der Waals surface area (Å²) in [6.45, 7) is 0. The maximum absolute atomic E-state index is 8.87. The number of aromatic nitrogens is 1. The van der Waals surface area contributed by atoms with Gasteiger partial charge in [-0.2, -0.15) is 5.26 Å². The molecule has 3 heteroatoms. The normalized spacial score (nSPS) is 9.71. The van der Waals surface area contributed by atoms with Gasteiger partial charge in [0.15, 0.2) is 0 Å². The minimum Gasteiger partial charge on any atom is -0.259 e. The molecule has 0 saturated carbocycles. The van der Waals surface area contributed by atoms with Crippen molar-refractivity contribution in [3.05, 3.63) is 48.2 Å². The van der Waals surface area contributed by atoms with Gasteiger partial charge in [0.05, 0.1) is 11.3 Å². The lowest BCUT2D eigenvalue weighted by molar-refractivity contribution is 1.26. The van der Waals surface area contributed by atoms with Gasteiger partial charge < -0.3 is 0 Å². The molecule has 0 aliphatic rings. The van der Waals surface area contributed by atoms with Gasteiger partial charge in [0.25, 0.3) is 0 Å². The number of nitriles is 1. The van der Waals surface area contributed by atoms with Gasteiger partial charge in [0.1, 0.15) is 6.07 Å². The zero-order valence-corrected chi connectivity index (χ0v) is 8.07. The van der Waals surface area contributed by atoms with Gasteiger partial charge in [-0.15, -0.1) is 0 Å². The van der Waals surface area contributed by atoms with E-state index in [2.05, 4.69) is 6.07 Å². The molecule has 0 amide bonds. The second-order valence-electron chi connectivity index (χ2n) is 2.87. The van der Waals surface area contributed by atoms with Crippen molar-refractivity contribution in [3.8, 4) is 17.3 Å². The van der Waals surface area contributed by atoms with Crippen LogP contribution in [0.25, 0.3) is 11.3 Å². The van der Waals surface area contributed by atoms with Crippen molar-refractivity contribution in [2.24, 2.45) is 0 Å². The molecule has 14 heavy (non-hydrogen) atoms. The van der Waals surface area contributed by atoms with Crippen molar-refractivity contribution in [1.82, 2.24) is 4.09 Å². The molecule has 0 bridgehead atoms. The molecule has 0 unspecified atom stereocenters. The second-order valence-corrected chi connectivity index (χ2v) is 3.23. The summed E-state index contributed by atoms with van der Waals surface area (Å²) >= 11 is 5.92. The smallest absolute Gasteiger partial charge is 0.101 e. The van der Waals surface area contributed by atoms with E-state index in [4.69, 9.17) is 17.0 Å². The Hall–Kier alpha value is -1.72. The summed E-state index contributed by atoms with van der Waals surface area (Å²) < 4.78 is 1.44. The molecule has 1 aromatic heterocycles. The third kappa shape index (κ3) is 1.39. The van der Waals surface area contributed by atoms with Crippen LogP contribution >= 0.6 is 11.8 Å². The number of halogens is 1. The summed E-state index contributed by atoms with van der Waals surface area (Å²) in [5.41, 5.74) is 2.28. The van der Waals surface area contributed by atoms with Gasteiger partial charge >= 0.3 is 0 Å². The first kappa shape index (κ1) is 8.86. The molecule has 0 aliphatic heterocycles. The highest BCUT2D eigenvalue weighted by Gasteiger charge is 2.08. The zero-order valence-electron chi connectivity index (χ0n) is 7.31. The van der Waals surface area contributed by atoms with Gasteiger partial charge in [-0.25, -0.2) is 0 Å². The average molecular weight is 203 g/mol. The summed E-state index contributed by atoms with van der Waals surface area (Å²) in [6, 6.07) is 13.4. The van der Waals surface area contributed by atoms with E-state index < -0.39 is 0 Å². The minimum absolute atomic E-state index is 0.589. The molecule has 1 aromatic carbocycles. The third-order valence-electron chi connectivity index (χ3n) is 2.01. The topological polar surface area (TPSA) is 28.7 Å². The molecular formula is C11H7ClN2. The number of nitrogens with zero attached hydrogens (tertiary/aromatic N) is 2. The Balaban J connectivity index is 2.63. The largest absolute Gasteiger partial charge is 0.259 e. The molecule has 0 spiro atoms. The van der Waals surface area contributed by atoms with Gasteiger partial charge in [0, 0.05) is 23.5 Å². The van der Waals surface area contributed by atoms with E-state index in [1.54, 1.807) is 12.3 Å². The zero-order chi connectivity index (χ0) is 9.97. The monoisotopic (exact) mass is 202 g/mol. The Bertz CT molecular complexity index is 480. The van der Waals surface area contributed by atoms with E-state index in [-0.39, 0.29) is 0 Å². The molecule has 2 aromatic rings. The minimum atomic E-state index is 0.589. The number of rotatable bonds is 1. The fourth-order valence-electron chi connectivity index (χ4n) is 1.37.